The van der Waals surface area contributed by atoms with E-state index >= 15 is 0 Å². The van der Waals surface area contributed by atoms with E-state index in [0.29, 0.717) is 6.54 Å². The van der Waals surface area contributed by atoms with Gasteiger partial charge < -0.3 is 15.4 Å². The van der Waals surface area contributed by atoms with E-state index in [1.807, 2.05) is 11.8 Å². The molecule has 1 spiro atoms. The minimum atomic E-state index is -0.0506. The summed E-state index contributed by atoms with van der Waals surface area (Å²) in [6, 6.07) is 8.61. The summed E-state index contributed by atoms with van der Waals surface area (Å²) in [6.07, 6.45) is 3.84. The van der Waals surface area contributed by atoms with Gasteiger partial charge in [-0.05, 0) is 43.9 Å². The highest BCUT2D eigenvalue weighted by atomic mass is 32.2. The van der Waals surface area contributed by atoms with Crippen molar-refractivity contribution in [1.82, 2.24) is 10.6 Å². The standard InChI is InChI=1S/C18H26N2O2S/c1-14-3-2-4-15(11-14)5-8-19-17(21)20-16-6-9-22-18(12-16)7-10-23-13-18/h2-4,11,16H,5-10,12-13H2,1H3,(H2,19,20,21)/t16-,18-/m1/s1. The van der Waals surface area contributed by atoms with Crippen LogP contribution in [0.5, 0.6) is 0 Å². The number of aryl methyl sites for hydroxylation is 1. The molecule has 2 fully saturated rings. The summed E-state index contributed by atoms with van der Waals surface area (Å²) in [5, 5.41) is 6.11. The number of urea groups is 1. The van der Waals surface area contributed by atoms with Gasteiger partial charge in [0.2, 0.25) is 0 Å². The monoisotopic (exact) mass is 334 g/mol. The van der Waals surface area contributed by atoms with Crippen LogP contribution in [-0.2, 0) is 11.2 Å². The van der Waals surface area contributed by atoms with Crippen molar-refractivity contribution in [3.63, 3.8) is 0 Å². The molecule has 3 rings (SSSR count). The van der Waals surface area contributed by atoms with E-state index in [1.54, 1.807) is 0 Å². The summed E-state index contributed by atoms with van der Waals surface area (Å²) in [5.41, 5.74) is 2.54. The van der Waals surface area contributed by atoms with Crippen LogP contribution in [0.3, 0.4) is 0 Å². The van der Waals surface area contributed by atoms with Gasteiger partial charge in [0.15, 0.2) is 0 Å². The average molecular weight is 334 g/mol. The third-order valence-corrected chi connectivity index (χ3v) is 5.90. The van der Waals surface area contributed by atoms with Crippen LogP contribution in [0.2, 0.25) is 0 Å². The Kier molecular flexibility index (Phi) is 5.49. The fourth-order valence-electron chi connectivity index (χ4n) is 3.44. The molecular weight excluding hydrogens is 308 g/mol. The van der Waals surface area contributed by atoms with E-state index in [0.717, 1.165) is 38.0 Å². The van der Waals surface area contributed by atoms with E-state index in [-0.39, 0.29) is 17.7 Å². The Labute approximate surface area is 142 Å². The molecule has 126 valence electrons. The van der Waals surface area contributed by atoms with Crippen LogP contribution >= 0.6 is 11.8 Å². The van der Waals surface area contributed by atoms with Crippen LogP contribution < -0.4 is 10.6 Å². The van der Waals surface area contributed by atoms with Crippen LogP contribution in [0.25, 0.3) is 0 Å². The van der Waals surface area contributed by atoms with Crippen molar-refractivity contribution in [3.05, 3.63) is 35.4 Å². The topological polar surface area (TPSA) is 50.4 Å². The van der Waals surface area contributed by atoms with Gasteiger partial charge in [-0.3, -0.25) is 0 Å². The maximum Gasteiger partial charge on any atom is 0.315 e. The molecule has 2 N–H and O–H groups in total. The number of rotatable bonds is 4. The molecule has 1 aromatic carbocycles. The summed E-state index contributed by atoms with van der Waals surface area (Å²) in [5.74, 6) is 2.25. The zero-order valence-corrected chi connectivity index (χ0v) is 14.6. The fourth-order valence-corrected chi connectivity index (χ4v) is 4.82. The highest BCUT2D eigenvalue weighted by molar-refractivity contribution is 7.99. The molecule has 0 radical (unpaired) electrons. The Bertz CT molecular complexity index is 544. The molecule has 2 saturated heterocycles. The Hall–Kier alpha value is -1.20. The second kappa shape index (κ2) is 7.58. The molecule has 1 aromatic rings. The van der Waals surface area contributed by atoms with Crippen LogP contribution in [0.1, 0.15) is 30.4 Å². The molecule has 0 bridgehead atoms. The molecule has 0 aromatic heterocycles. The smallest absolute Gasteiger partial charge is 0.315 e. The van der Waals surface area contributed by atoms with E-state index < -0.39 is 0 Å². The molecule has 23 heavy (non-hydrogen) atoms. The lowest BCUT2D eigenvalue weighted by atomic mass is 9.90. The zero-order valence-electron chi connectivity index (χ0n) is 13.8. The first-order valence-electron chi connectivity index (χ1n) is 8.47. The molecular formula is C18H26N2O2S. The number of carbonyl (C=O) groups excluding carboxylic acids is 1. The fraction of sp³-hybridized carbons (Fsp3) is 0.611. The van der Waals surface area contributed by atoms with E-state index in [1.165, 1.54) is 16.9 Å². The van der Waals surface area contributed by atoms with Gasteiger partial charge in [-0.15, -0.1) is 0 Å². The van der Waals surface area contributed by atoms with Crippen molar-refractivity contribution < 1.29 is 9.53 Å². The second-order valence-electron chi connectivity index (χ2n) is 6.66. The van der Waals surface area contributed by atoms with Gasteiger partial charge in [-0.1, -0.05) is 29.8 Å². The van der Waals surface area contributed by atoms with Gasteiger partial charge >= 0.3 is 6.03 Å². The third kappa shape index (κ3) is 4.64. The minimum Gasteiger partial charge on any atom is -0.374 e. The molecule has 2 atom stereocenters. The number of amides is 2. The molecule has 5 heteroatoms. The summed E-state index contributed by atoms with van der Waals surface area (Å²) >= 11 is 1.96. The van der Waals surface area contributed by atoms with Crippen molar-refractivity contribution in [1.29, 1.82) is 0 Å². The van der Waals surface area contributed by atoms with Gasteiger partial charge in [0.25, 0.3) is 0 Å². The molecule has 2 heterocycles. The normalized spacial score (nSPS) is 27.1. The van der Waals surface area contributed by atoms with Crippen molar-refractivity contribution >= 4 is 17.8 Å². The predicted molar refractivity (Wildman–Crippen MR) is 95.1 cm³/mol. The molecule has 0 unspecified atom stereocenters. The lowest BCUT2D eigenvalue weighted by molar-refractivity contribution is -0.0684. The number of carbonyl (C=O) groups is 1. The van der Waals surface area contributed by atoms with Crippen LogP contribution in [0.15, 0.2) is 24.3 Å². The second-order valence-corrected chi connectivity index (χ2v) is 7.77. The van der Waals surface area contributed by atoms with E-state index in [9.17, 15) is 4.79 Å². The van der Waals surface area contributed by atoms with Crippen LogP contribution in [0, 0.1) is 6.92 Å². The van der Waals surface area contributed by atoms with Crippen LogP contribution in [0.4, 0.5) is 4.79 Å². The van der Waals surface area contributed by atoms with E-state index in [2.05, 4.69) is 41.8 Å². The molecule has 2 amide bonds. The zero-order chi connectivity index (χ0) is 16.1. The molecule has 2 aliphatic rings. The van der Waals surface area contributed by atoms with Gasteiger partial charge in [0.1, 0.15) is 0 Å². The van der Waals surface area contributed by atoms with E-state index in [4.69, 9.17) is 4.74 Å². The lowest BCUT2D eigenvalue weighted by Gasteiger charge is -2.37. The van der Waals surface area contributed by atoms with Crippen molar-refractivity contribution in [2.24, 2.45) is 0 Å². The lowest BCUT2D eigenvalue weighted by Crippen LogP contribution is -2.51. The Morgan fingerprint density at radius 2 is 2.39 bits per heavy atom. The predicted octanol–water partition coefficient (Wildman–Crippen LogP) is 2.89. The highest BCUT2D eigenvalue weighted by Gasteiger charge is 2.40. The minimum absolute atomic E-state index is 0.0163. The first-order chi connectivity index (χ1) is 11.2. The maximum absolute atomic E-state index is 12.1. The number of thioether (sulfide) groups is 1. The van der Waals surface area contributed by atoms with Crippen molar-refractivity contribution in [3.8, 4) is 0 Å². The Morgan fingerprint density at radius 1 is 1.48 bits per heavy atom. The van der Waals surface area contributed by atoms with Crippen LogP contribution in [-0.4, -0.2) is 42.3 Å². The summed E-state index contributed by atoms with van der Waals surface area (Å²) < 4.78 is 6.00. The molecule has 2 aliphatic heterocycles. The number of ether oxygens (including phenoxy) is 1. The molecule has 0 aliphatic carbocycles. The maximum atomic E-state index is 12.1. The number of hydrogen-bond acceptors (Lipinski definition) is 3. The highest BCUT2D eigenvalue weighted by Crippen LogP contribution is 2.38. The van der Waals surface area contributed by atoms with Gasteiger partial charge in [0.05, 0.1) is 5.60 Å². The third-order valence-electron chi connectivity index (χ3n) is 4.68. The first-order valence-corrected chi connectivity index (χ1v) is 9.62. The summed E-state index contributed by atoms with van der Waals surface area (Å²) in [6.45, 7) is 3.51. The number of nitrogens with one attached hydrogen (secondary N) is 2. The Balaban J connectivity index is 1.40. The average Bonchev–Trinajstić information content (AvgIpc) is 2.95. The van der Waals surface area contributed by atoms with Gasteiger partial charge in [-0.25, -0.2) is 4.79 Å². The van der Waals surface area contributed by atoms with Gasteiger partial charge in [-0.2, -0.15) is 11.8 Å². The van der Waals surface area contributed by atoms with Crippen molar-refractivity contribution in [2.75, 3.05) is 24.7 Å². The number of benzene rings is 1. The Morgan fingerprint density at radius 3 is 3.17 bits per heavy atom. The summed E-state index contributed by atoms with van der Waals surface area (Å²) in [4.78, 5) is 12.1. The largest absolute Gasteiger partial charge is 0.374 e. The summed E-state index contributed by atoms with van der Waals surface area (Å²) in [7, 11) is 0. The first kappa shape index (κ1) is 16.7. The van der Waals surface area contributed by atoms with Crippen molar-refractivity contribution in [2.45, 2.75) is 44.2 Å². The number of hydrogen-bond donors (Lipinski definition) is 2. The van der Waals surface area contributed by atoms with Gasteiger partial charge in [0, 0.05) is 24.9 Å². The quantitative estimate of drug-likeness (QED) is 0.890. The molecule has 0 saturated carbocycles. The SMILES string of the molecule is Cc1cccc(CCNC(=O)N[C@@H]2CCO[C@]3(CCSC3)C2)c1. The molecule has 4 nitrogen and oxygen atoms in total.